The van der Waals surface area contributed by atoms with E-state index in [0.29, 0.717) is 22.2 Å². The first-order valence-corrected chi connectivity index (χ1v) is 8.47. The summed E-state index contributed by atoms with van der Waals surface area (Å²) in [5.41, 5.74) is 9.76. The minimum atomic E-state index is 0.0656. The van der Waals surface area contributed by atoms with E-state index in [-0.39, 0.29) is 11.9 Å². The average Bonchev–Trinajstić information content (AvgIpc) is 2.95. The maximum Gasteiger partial charge on any atom is 0.254 e. The number of fused-ring (bicyclic) bond motifs is 3. The molecule has 0 bridgehead atoms. The quantitative estimate of drug-likeness (QED) is 0.809. The smallest absolute Gasteiger partial charge is 0.254 e. The van der Waals surface area contributed by atoms with Gasteiger partial charge in [0.1, 0.15) is 0 Å². The molecule has 2 aliphatic rings. The predicted molar refractivity (Wildman–Crippen MR) is 92.8 cm³/mol. The monoisotopic (exact) mass is 326 g/mol. The Morgan fingerprint density at radius 3 is 2.87 bits per heavy atom. The van der Waals surface area contributed by atoms with Gasteiger partial charge in [0.05, 0.1) is 10.7 Å². The molecule has 2 atom stereocenters. The Bertz CT molecular complexity index is 774. The number of benzene rings is 2. The molecule has 1 aliphatic heterocycles. The molecular formula is C19H19ClN2O. The van der Waals surface area contributed by atoms with Crippen molar-refractivity contribution in [3.63, 3.8) is 0 Å². The first-order valence-electron chi connectivity index (χ1n) is 8.09. The molecule has 1 fully saturated rings. The van der Waals surface area contributed by atoms with Crippen LogP contribution in [0.25, 0.3) is 0 Å². The van der Waals surface area contributed by atoms with Gasteiger partial charge in [-0.25, -0.2) is 0 Å². The molecule has 0 spiro atoms. The van der Waals surface area contributed by atoms with Crippen molar-refractivity contribution in [2.45, 2.75) is 31.2 Å². The van der Waals surface area contributed by atoms with E-state index in [1.165, 1.54) is 11.1 Å². The van der Waals surface area contributed by atoms with Gasteiger partial charge < -0.3 is 10.6 Å². The lowest BCUT2D eigenvalue weighted by molar-refractivity contribution is 0.0595. The molecule has 0 saturated carbocycles. The summed E-state index contributed by atoms with van der Waals surface area (Å²) in [4.78, 5) is 15.0. The van der Waals surface area contributed by atoms with Crippen LogP contribution < -0.4 is 5.73 Å². The number of nitrogen functional groups attached to an aromatic ring is 1. The van der Waals surface area contributed by atoms with Gasteiger partial charge in [-0.05, 0) is 48.6 Å². The third-order valence-electron chi connectivity index (χ3n) is 5.17. The highest BCUT2D eigenvalue weighted by atomic mass is 35.5. The topological polar surface area (TPSA) is 46.3 Å². The summed E-state index contributed by atoms with van der Waals surface area (Å²) in [6.07, 6.45) is 3.16. The molecule has 0 unspecified atom stereocenters. The first-order chi connectivity index (χ1) is 11.1. The largest absolute Gasteiger partial charge is 0.398 e. The van der Waals surface area contributed by atoms with Crippen LogP contribution in [-0.2, 0) is 6.42 Å². The third-order valence-corrected chi connectivity index (χ3v) is 5.51. The van der Waals surface area contributed by atoms with Gasteiger partial charge in [-0.3, -0.25) is 4.79 Å². The summed E-state index contributed by atoms with van der Waals surface area (Å²) in [5, 5.41) is 0.492. The Hall–Kier alpha value is -2.00. The summed E-state index contributed by atoms with van der Waals surface area (Å²) >= 11 is 5.97. The predicted octanol–water partition coefficient (Wildman–Crippen LogP) is 3.87. The van der Waals surface area contributed by atoms with Gasteiger partial charge in [0.25, 0.3) is 5.91 Å². The van der Waals surface area contributed by atoms with Crippen LogP contribution in [0.2, 0.25) is 5.02 Å². The summed E-state index contributed by atoms with van der Waals surface area (Å²) < 4.78 is 0. The van der Waals surface area contributed by atoms with Crippen molar-refractivity contribution >= 4 is 23.2 Å². The van der Waals surface area contributed by atoms with E-state index in [4.69, 9.17) is 17.3 Å². The fourth-order valence-corrected chi connectivity index (χ4v) is 4.19. The first kappa shape index (κ1) is 14.6. The number of nitrogens with two attached hydrogens (primary N) is 1. The van der Waals surface area contributed by atoms with Crippen molar-refractivity contribution < 1.29 is 4.79 Å². The van der Waals surface area contributed by atoms with E-state index in [2.05, 4.69) is 24.3 Å². The molecule has 2 aromatic rings. The van der Waals surface area contributed by atoms with Crippen molar-refractivity contribution in [2.75, 3.05) is 12.3 Å². The number of likely N-dealkylation sites (tertiary alicyclic amines) is 1. The summed E-state index contributed by atoms with van der Waals surface area (Å²) in [7, 11) is 0. The number of carbonyl (C=O) groups excluding carboxylic acids is 1. The number of rotatable bonds is 1. The van der Waals surface area contributed by atoms with Crippen molar-refractivity contribution in [3.05, 3.63) is 64.2 Å². The molecule has 1 amide bonds. The molecule has 3 nitrogen and oxygen atoms in total. The highest BCUT2D eigenvalue weighted by Crippen LogP contribution is 2.42. The van der Waals surface area contributed by atoms with Crippen molar-refractivity contribution in [3.8, 4) is 0 Å². The highest BCUT2D eigenvalue weighted by Gasteiger charge is 2.40. The molecule has 118 valence electrons. The van der Waals surface area contributed by atoms with E-state index in [1.807, 2.05) is 4.90 Å². The number of hydrogen-bond donors (Lipinski definition) is 1. The van der Waals surface area contributed by atoms with Crippen LogP contribution in [0.4, 0.5) is 5.69 Å². The van der Waals surface area contributed by atoms with Gasteiger partial charge in [-0.15, -0.1) is 0 Å². The van der Waals surface area contributed by atoms with E-state index < -0.39 is 0 Å². The van der Waals surface area contributed by atoms with Crippen LogP contribution in [-0.4, -0.2) is 23.4 Å². The second-order valence-electron chi connectivity index (χ2n) is 6.45. The number of nitrogens with zero attached hydrogens (tertiary/aromatic N) is 1. The highest BCUT2D eigenvalue weighted by molar-refractivity contribution is 6.33. The van der Waals surface area contributed by atoms with Gasteiger partial charge in [-0.1, -0.05) is 35.9 Å². The molecule has 23 heavy (non-hydrogen) atoms. The van der Waals surface area contributed by atoms with Gasteiger partial charge in [-0.2, -0.15) is 0 Å². The molecule has 1 heterocycles. The Morgan fingerprint density at radius 2 is 2.04 bits per heavy atom. The van der Waals surface area contributed by atoms with Crippen LogP contribution in [0.1, 0.15) is 40.2 Å². The molecule has 2 aromatic carbocycles. The maximum atomic E-state index is 13.0. The van der Waals surface area contributed by atoms with Crippen molar-refractivity contribution in [1.29, 1.82) is 0 Å². The zero-order valence-electron chi connectivity index (χ0n) is 12.8. The van der Waals surface area contributed by atoms with Crippen LogP contribution in [0, 0.1) is 0 Å². The van der Waals surface area contributed by atoms with Crippen LogP contribution in [0.15, 0.2) is 42.5 Å². The molecule has 1 saturated heterocycles. The second-order valence-corrected chi connectivity index (χ2v) is 6.86. The molecule has 1 aliphatic carbocycles. The zero-order valence-corrected chi connectivity index (χ0v) is 13.6. The van der Waals surface area contributed by atoms with Crippen LogP contribution in [0.5, 0.6) is 0 Å². The van der Waals surface area contributed by atoms with Gasteiger partial charge in [0.2, 0.25) is 0 Å². The van der Waals surface area contributed by atoms with Crippen LogP contribution in [0.3, 0.4) is 0 Å². The lowest BCUT2D eigenvalue weighted by Gasteiger charge is -2.38. The van der Waals surface area contributed by atoms with E-state index in [9.17, 15) is 4.79 Å². The lowest BCUT2D eigenvalue weighted by Crippen LogP contribution is -2.46. The fourth-order valence-electron chi connectivity index (χ4n) is 4.07. The molecule has 0 aromatic heterocycles. The summed E-state index contributed by atoms with van der Waals surface area (Å²) in [6, 6.07) is 14.0. The Labute approximate surface area is 141 Å². The SMILES string of the molecule is Nc1cc(C(=O)N2CCC[C@@H]3c4ccccc4C[C@@H]32)ccc1Cl. The Balaban J connectivity index is 1.65. The number of anilines is 1. The second kappa shape index (κ2) is 5.57. The van der Waals surface area contributed by atoms with Gasteiger partial charge in [0, 0.05) is 24.1 Å². The minimum absolute atomic E-state index is 0.0656. The number of hydrogen-bond acceptors (Lipinski definition) is 2. The van der Waals surface area contributed by atoms with Gasteiger partial charge >= 0.3 is 0 Å². The average molecular weight is 327 g/mol. The molecule has 0 radical (unpaired) electrons. The van der Waals surface area contributed by atoms with Crippen molar-refractivity contribution in [2.24, 2.45) is 0 Å². The number of amides is 1. The fraction of sp³-hybridized carbons (Fsp3) is 0.316. The van der Waals surface area contributed by atoms with Crippen LogP contribution >= 0.6 is 11.6 Å². The number of piperidine rings is 1. The zero-order chi connectivity index (χ0) is 16.0. The number of halogens is 1. The van der Waals surface area contributed by atoms with E-state index >= 15 is 0 Å². The molecule has 4 heteroatoms. The Kier molecular flexibility index (Phi) is 3.53. The van der Waals surface area contributed by atoms with Crippen molar-refractivity contribution in [1.82, 2.24) is 4.90 Å². The third kappa shape index (κ3) is 2.40. The lowest BCUT2D eigenvalue weighted by atomic mass is 9.88. The Morgan fingerprint density at radius 1 is 1.22 bits per heavy atom. The normalized spacial score (nSPS) is 22.6. The summed E-state index contributed by atoms with van der Waals surface area (Å²) in [5.74, 6) is 0.532. The number of carbonyl (C=O) groups is 1. The van der Waals surface area contributed by atoms with Gasteiger partial charge in [0.15, 0.2) is 0 Å². The standard InChI is InChI=1S/C19H19ClN2O/c20-16-8-7-13(10-17(16)21)19(23)22-9-3-6-15-14-5-2-1-4-12(14)11-18(15)22/h1-2,4-5,7-8,10,15,18H,3,6,9,11,21H2/t15-,18+/m1/s1. The molecular weight excluding hydrogens is 308 g/mol. The van der Waals surface area contributed by atoms with E-state index in [0.717, 1.165) is 25.8 Å². The maximum absolute atomic E-state index is 13.0. The molecule has 4 rings (SSSR count). The summed E-state index contributed by atoms with van der Waals surface area (Å²) in [6.45, 7) is 0.816. The molecule has 2 N–H and O–H groups in total. The van der Waals surface area contributed by atoms with E-state index in [1.54, 1.807) is 18.2 Å². The minimum Gasteiger partial charge on any atom is -0.398 e.